The van der Waals surface area contributed by atoms with E-state index in [1.54, 1.807) is 36.4 Å². The summed E-state index contributed by atoms with van der Waals surface area (Å²) in [5, 5.41) is 23.0. The van der Waals surface area contributed by atoms with E-state index in [9.17, 15) is 19.8 Å². The molecular weight excluding hydrogens is 444 g/mol. The number of methoxy groups -OCH3 is 1. The maximum atomic E-state index is 13.6. The van der Waals surface area contributed by atoms with Crippen LogP contribution in [0.25, 0.3) is 21.9 Å². The van der Waals surface area contributed by atoms with Crippen LogP contribution in [-0.4, -0.2) is 29.1 Å². The molecule has 0 aromatic heterocycles. The van der Waals surface area contributed by atoms with Crippen molar-refractivity contribution in [3.05, 3.63) is 113 Å². The minimum Gasteiger partial charge on any atom is -0.504 e. The SMILES string of the molecule is COc1ccc(C(=O)C2(c3ccc(-c4cc(C)cc5ccccc45)cc3)OC(=O)C(O)=C2O)cc1. The third-order valence-corrected chi connectivity index (χ3v) is 6.28. The van der Waals surface area contributed by atoms with E-state index in [1.165, 1.54) is 19.2 Å². The average molecular weight is 466 g/mol. The van der Waals surface area contributed by atoms with Crippen molar-refractivity contribution in [3.8, 4) is 16.9 Å². The van der Waals surface area contributed by atoms with Crippen LogP contribution in [0.2, 0.25) is 0 Å². The number of ketones is 1. The van der Waals surface area contributed by atoms with Gasteiger partial charge in [0, 0.05) is 11.1 Å². The lowest BCUT2D eigenvalue weighted by atomic mass is 9.83. The number of fused-ring (bicyclic) bond motifs is 1. The highest BCUT2D eigenvalue weighted by Gasteiger charge is 2.56. The number of aliphatic hydroxyl groups excluding tert-OH is 2. The third kappa shape index (κ3) is 3.51. The Kier molecular flexibility index (Phi) is 5.29. The minimum absolute atomic E-state index is 0.175. The van der Waals surface area contributed by atoms with Gasteiger partial charge in [-0.05, 0) is 58.7 Å². The summed E-state index contributed by atoms with van der Waals surface area (Å²) < 4.78 is 10.5. The maximum absolute atomic E-state index is 13.6. The van der Waals surface area contributed by atoms with Gasteiger partial charge in [0.1, 0.15) is 5.75 Å². The normalized spacial score (nSPS) is 17.5. The fraction of sp³-hybridized carbons (Fsp3) is 0.103. The number of ether oxygens (including phenoxy) is 2. The van der Waals surface area contributed by atoms with Crippen LogP contribution in [0.15, 0.2) is 96.4 Å². The van der Waals surface area contributed by atoms with Crippen LogP contribution in [-0.2, 0) is 15.1 Å². The molecule has 0 spiro atoms. The first-order valence-electron chi connectivity index (χ1n) is 11.0. The van der Waals surface area contributed by atoms with Gasteiger partial charge in [-0.25, -0.2) is 4.79 Å². The van der Waals surface area contributed by atoms with Gasteiger partial charge in [-0.15, -0.1) is 0 Å². The highest BCUT2D eigenvalue weighted by Crippen LogP contribution is 2.43. The lowest BCUT2D eigenvalue weighted by molar-refractivity contribution is -0.147. The molecule has 35 heavy (non-hydrogen) atoms. The van der Waals surface area contributed by atoms with Gasteiger partial charge in [0.2, 0.25) is 11.5 Å². The van der Waals surface area contributed by atoms with Gasteiger partial charge < -0.3 is 19.7 Å². The first kappa shape index (κ1) is 22.2. The molecule has 4 aromatic rings. The summed E-state index contributed by atoms with van der Waals surface area (Å²) >= 11 is 0. The fourth-order valence-electron chi connectivity index (χ4n) is 4.51. The monoisotopic (exact) mass is 466 g/mol. The van der Waals surface area contributed by atoms with Crippen molar-refractivity contribution in [2.24, 2.45) is 0 Å². The van der Waals surface area contributed by atoms with Crippen LogP contribution in [0.4, 0.5) is 0 Å². The van der Waals surface area contributed by atoms with Crippen molar-refractivity contribution < 1.29 is 29.3 Å². The van der Waals surface area contributed by atoms with E-state index >= 15 is 0 Å². The Hall–Kier alpha value is -4.58. The smallest absolute Gasteiger partial charge is 0.379 e. The molecule has 0 amide bonds. The molecule has 4 aromatic carbocycles. The first-order valence-corrected chi connectivity index (χ1v) is 11.0. The molecule has 1 aliphatic rings. The number of carbonyl (C=O) groups is 2. The van der Waals surface area contributed by atoms with Crippen LogP contribution < -0.4 is 4.74 Å². The van der Waals surface area contributed by atoms with Crippen molar-refractivity contribution in [1.82, 2.24) is 0 Å². The summed E-state index contributed by atoms with van der Waals surface area (Å²) in [5.41, 5.74) is 1.20. The quantitative estimate of drug-likeness (QED) is 0.286. The number of esters is 1. The number of aryl methyl sites for hydroxylation is 1. The molecule has 2 N–H and O–H groups in total. The number of carbonyl (C=O) groups excluding carboxylic acids is 2. The standard InChI is InChI=1S/C29H22O6/c1-17-15-20-5-3-4-6-23(20)24(16-17)18-7-11-21(12-8-18)29(27(32)25(30)28(33)35-29)26(31)19-9-13-22(34-2)14-10-19/h3-16,30,32H,1-2H3. The number of hydrogen-bond donors (Lipinski definition) is 2. The van der Waals surface area contributed by atoms with E-state index in [-0.39, 0.29) is 11.1 Å². The van der Waals surface area contributed by atoms with Crippen molar-refractivity contribution >= 4 is 22.5 Å². The Morgan fingerprint density at radius 2 is 1.60 bits per heavy atom. The van der Waals surface area contributed by atoms with Crippen molar-refractivity contribution in [3.63, 3.8) is 0 Å². The van der Waals surface area contributed by atoms with E-state index in [1.807, 2.05) is 31.2 Å². The number of Topliss-reactive ketones (excluding diaryl/α,β-unsaturated/α-hetero) is 1. The molecule has 1 atom stereocenters. The summed E-state index contributed by atoms with van der Waals surface area (Å²) in [7, 11) is 1.50. The zero-order valence-corrected chi connectivity index (χ0v) is 19.1. The highest BCUT2D eigenvalue weighted by molar-refractivity contribution is 6.09. The maximum Gasteiger partial charge on any atom is 0.379 e. The molecule has 0 radical (unpaired) electrons. The van der Waals surface area contributed by atoms with Crippen LogP contribution in [0.1, 0.15) is 21.5 Å². The van der Waals surface area contributed by atoms with Crippen molar-refractivity contribution in [2.45, 2.75) is 12.5 Å². The van der Waals surface area contributed by atoms with Gasteiger partial charge >= 0.3 is 5.97 Å². The molecule has 1 aliphatic heterocycles. The van der Waals surface area contributed by atoms with Gasteiger partial charge in [0.05, 0.1) is 7.11 Å². The Morgan fingerprint density at radius 3 is 2.23 bits per heavy atom. The molecule has 5 rings (SSSR count). The molecule has 6 heteroatoms. The lowest BCUT2D eigenvalue weighted by Gasteiger charge is -2.27. The van der Waals surface area contributed by atoms with Gasteiger partial charge in [0.15, 0.2) is 5.76 Å². The van der Waals surface area contributed by atoms with Gasteiger partial charge in [-0.3, -0.25) is 4.79 Å². The van der Waals surface area contributed by atoms with Crippen LogP contribution in [0, 0.1) is 6.92 Å². The van der Waals surface area contributed by atoms with E-state index in [0.29, 0.717) is 5.75 Å². The molecule has 0 fully saturated rings. The van der Waals surface area contributed by atoms with E-state index in [4.69, 9.17) is 9.47 Å². The largest absolute Gasteiger partial charge is 0.504 e. The van der Waals surface area contributed by atoms with Crippen LogP contribution in [0.3, 0.4) is 0 Å². The number of cyclic esters (lactones) is 1. The molecule has 0 saturated heterocycles. The second-order valence-corrected chi connectivity index (χ2v) is 8.44. The summed E-state index contributed by atoms with van der Waals surface area (Å²) in [6.07, 6.45) is 0. The average Bonchev–Trinajstić information content (AvgIpc) is 3.12. The van der Waals surface area contributed by atoms with Crippen molar-refractivity contribution in [2.75, 3.05) is 7.11 Å². The number of aliphatic hydroxyl groups is 2. The zero-order valence-electron chi connectivity index (χ0n) is 19.1. The van der Waals surface area contributed by atoms with E-state index in [0.717, 1.165) is 27.5 Å². The van der Waals surface area contributed by atoms with Crippen molar-refractivity contribution in [1.29, 1.82) is 0 Å². The Balaban J connectivity index is 1.63. The molecule has 6 nitrogen and oxygen atoms in total. The topological polar surface area (TPSA) is 93.1 Å². The van der Waals surface area contributed by atoms with Gasteiger partial charge in [-0.1, -0.05) is 60.7 Å². The summed E-state index contributed by atoms with van der Waals surface area (Å²) in [4.78, 5) is 25.8. The van der Waals surface area contributed by atoms with Gasteiger partial charge in [0.25, 0.3) is 5.60 Å². The molecule has 0 bridgehead atoms. The Bertz CT molecular complexity index is 1500. The minimum atomic E-state index is -2.19. The van der Waals surface area contributed by atoms with E-state index in [2.05, 4.69) is 12.1 Å². The summed E-state index contributed by atoms with van der Waals surface area (Å²) in [6, 6.07) is 25.3. The summed E-state index contributed by atoms with van der Waals surface area (Å²) in [6.45, 7) is 2.02. The highest BCUT2D eigenvalue weighted by atomic mass is 16.6. The predicted octanol–water partition coefficient (Wildman–Crippen LogP) is 5.79. The molecule has 174 valence electrons. The third-order valence-electron chi connectivity index (χ3n) is 6.28. The number of rotatable bonds is 5. The summed E-state index contributed by atoms with van der Waals surface area (Å²) in [5.74, 6) is -3.14. The molecule has 1 unspecified atom stereocenters. The molecule has 1 heterocycles. The second kappa shape index (κ2) is 8.33. The Morgan fingerprint density at radius 1 is 0.914 bits per heavy atom. The lowest BCUT2D eigenvalue weighted by Crippen LogP contribution is -2.38. The number of benzene rings is 4. The first-order chi connectivity index (χ1) is 16.8. The molecule has 0 saturated carbocycles. The zero-order chi connectivity index (χ0) is 24.7. The number of hydrogen-bond acceptors (Lipinski definition) is 6. The molecule has 0 aliphatic carbocycles. The van der Waals surface area contributed by atoms with Gasteiger partial charge in [-0.2, -0.15) is 0 Å². The second-order valence-electron chi connectivity index (χ2n) is 8.44. The van der Waals surface area contributed by atoms with E-state index < -0.39 is 28.9 Å². The molecular formula is C29H22O6. The predicted molar refractivity (Wildman–Crippen MR) is 131 cm³/mol. The Labute approximate surface area is 201 Å². The van der Waals surface area contributed by atoms with Crippen LogP contribution in [0.5, 0.6) is 5.75 Å². The van der Waals surface area contributed by atoms with Crippen LogP contribution >= 0.6 is 0 Å². The fourth-order valence-corrected chi connectivity index (χ4v) is 4.51.